The van der Waals surface area contributed by atoms with Gasteiger partial charge in [-0.3, -0.25) is 4.79 Å². The van der Waals surface area contributed by atoms with E-state index in [1.165, 1.54) is 0 Å². The van der Waals surface area contributed by atoms with Crippen LogP contribution in [0.4, 0.5) is 0 Å². The SMILES string of the molecule is O=C(CCCOc1ccc(Br)cc1)N(Cc1nnc(-c2ccc(Cl)cc2)o1)C1CC1. The molecule has 0 aliphatic heterocycles. The number of carbonyl (C=O) groups excluding carboxylic acids is 1. The fraction of sp³-hybridized carbons (Fsp3) is 0.318. The van der Waals surface area contributed by atoms with E-state index in [0.717, 1.165) is 28.6 Å². The zero-order chi connectivity index (χ0) is 20.9. The van der Waals surface area contributed by atoms with E-state index in [-0.39, 0.29) is 11.9 Å². The Kier molecular flexibility index (Phi) is 6.69. The summed E-state index contributed by atoms with van der Waals surface area (Å²) in [6, 6.07) is 15.1. The zero-order valence-corrected chi connectivity index (χ0v) is 18.6. The Bertz CT molecular complexity index is 988. The summed E-state index contributed by atoms with van der Waals surface area (Å²) in [4.78, 5) is 14.6. The first-order valence-corrected chi connectivity index (χ1v) is 11.0. The molecule has 4 rings (SSSR count). The highest BCUT2D eigenvalue weighted by molar-refractivity contribution is 9.10. The average Bonchev–Trinajstić information content (AvgIpc) is 3.49. The molecule has 0 bridgehead atoms. The van der Waals surface area contributed by atoms with Crippen LogP contribution in [0.1, 0.15) is 31.6 Å². The Morgan fingerprint density at radius 1 is 1.13 bits per heavy atom. The summed E-state index contributed by atoms with van der Waals surface area (Å²) in [6.45, 7) is 0.824. The monoisotopic (exact) mass is 489 g/mol. The van der Waals surface area contributed by atoms with Crippen molar-refractivity contribution in [3.63, 3.8) is 0 Å². The summed E-state index contributed by atoms with van der Waals surface area (Å²) in [5.41, 5.74) is 0.799. The van der Waals surface area contributed by atoms with Crippen molar-refractivity contribution in [2.24, 2.45) is 0 Å². The van der Waals surface area contributed by atoms with E-state index in [2.05, 4.69) is 26.1 Å². The number of rotatable bonds is 9. The van der Waals surface area contributed by atoms with E-state index in [1.54, 1.807) is 12.1 Å². The standard InChI is InChI=1S/C22H21BrClN3O3/c23-16-5-11-19(12-6-16)29-13-1-2-21(28)27(18-9-10-18)14-20-25-26-22(30-20)15-3-7-17(24)8-4-15/h3-8,11-12,18H,1-2,9-10,13-14H2. The molecule has 1 aliphatic rings. The van der Waals surface area contributed by atoms with Crippen LogP contribution in [0.3, 0.4) is 0 Å². The van der Waals surface area contributed by atoms with Crippen LogP contribution in [0, 0.1) is 0 Å². The van der Waals surface area contributed by atoms with Gasteiger partial charge in [0.25, 0.3) is 0 Å². The summed E-state index contributed by atoms with van der Waals surface area (Å²) in [5.74, 6) is 1.74. The number of halogens is 2. The molecule has 1 fully saturated rings. The Balaban J connectivity index is 1.30. The third kappa shape index (κ3) is 5.61. The first-order valence-electron chi connectivity index (χ1n) is 9.84. The van der Waals surface area contributed by atoms with Gasteiger partial charge in [-0.05, 0) is 67.8 Å². The molecular weight excluding hydrogens is 470 g/mol. The van der Waals surface area contributed by atoms with Gasteiger partial charge in [0, 0.05) is 27.5 Å². The van der Waals surface area contributed by atoms with Crippen LogP contribution >= 0.6 is 27.5 Å². The van der Waals surface area contributed by atoms with Gasteiger partial charge in [-0.15, -0.1) is 10.2 Å². The van der Waals surface area contributed by atoms with Crippen LogP contribution in [-0.2, 0) is 11.3 Å². The van der Waals surface area contributed by atoms with Crippen LogP contribution in [0.15, 0.2) is 57.4 Å². The number of hydrogen-bond acceptors (Lipinski definition) is 5. The first-order chi connectivity index (χ1) is 14.6. The maximum absolute atomic E-state index is 12.8. The van der Waals surface area contributed by atoms with Crippen molar-refractivity contribution in [3.05, 3.63) is 63.9 Å². The Morgan fingerprint density at radius 2 is 1.87 bits per heavy atom. The molecule has 0 radical (unpaired) electrons. The smallest absolute Gasteiger partial charge is 0.247 e. The molecule has 1 aromatic heterocycles. The molecule has 0 spiro atoms. The Morgan fingerprint density at radius 3 is 2.57 bits per heavy atom. The predicted octanol–water partition coefficient (Wildman–Crippen LogP) is 5.50. The fourth-order valence-electron chi connectivity index (χ4n) is 3.07. The fourth-order valence-corrected chi connectivity index (χ4v) is 3.46. The van der Waals surface area contributed by atoms with Gasteiger partial charge in [-0.1, -0.05) is 27.5 Å². The van der Waals surface area contributed by atoms with E-state index >= 15 is 0 Å². The topological polar surface area (TPSA) is 68.5 Å². The van der Waals surface area contributed by atoms with E-state index in [1.807, 2.05) is 41.3 Å². The second-order valence-corrected chi connectivity index (χ2v) is 8.52. The molecule has 156 valence electrons. The van der Waals surface area contributed by atoms with Crippen molar-refractivity contribution in [1.29, 1.82) is 0 Å². The number of ether oxygens (including phenoxy) is 1. The third-order valence-electron chi connectivity index (χ3n) is 4.79. The molecule has 0 N–H and O–H groups in total. The van der Waals surface area contributed by atoms with Crippen molar-refractivity contribution in [2.45, 2.75) is 38.3 Å². The molecule has 0 atom stereocenters. The molecule has 8 heteroatoms. The summed E-state index contributed by atoms with van der Waals surface area (Å²) in [7, 11) is 0. The second-order valence-electron chi connectivity index (χ2n) is 7.17. The lowest BCUT2D eigenvalue weighted by atomic mass is 10.2. The summed E-state index contributed by atoms with van der Waals surface area (Å²) >= 11 is 9.32. The minimum atomic E-state index is 0.0862. The lowest BCUT2D eigenvalue weighted by Crippen LogP contribution is -2.32. The van der Waals surface area contributed by atoms with Crippen LogP contribution in [0.2, 0.25) is 5.02 Å². The van der Waals surface area contributed by atoms with Crippen molar-refractivity contribution >= 4 is 33.4 Å². The van der Waals surface area contributed by atoms with Crippen LogP contribution < -0.4 is 4.74 Å². The molecule has 2 aromatic carbocycles. The van der Waals surface area contributed by atoms with Crippen LogP contribution in [0.25, 0.3) is 11.5 Å². The van der Waals surface area contributed by atoms with Crippen molar-refractivity contribution in [2.75, 3.05) is 6.61 Å². The minimum absolute atomic E-state index is 0.0862. The number of hydrogen-bond donors (Lipinski definition) is 0. The van der Waals surface area contributed by atoms with Gasteiger partial charge < -0.3 is 14.1 Å². The van der Waals surface area contributed by atoms with Gasteiger partial charge >= 0.3 is 0 Å². The number of benzene rings is 2. The summed E-state index contributed by atoms with van der Waals surface area (Å²) in [5, 5.41) is 8.87. The van der Waals surface area contributed by atoms with E-state index in [4.69, 9.17) is 20.8 Å². The van der Waals surface area contributed by atoms with Gasteiger partial charge in [-0.2, -0.15) is 0 Å². The largest absolute Gasteiger partial charge is 0.494 e. The highest BCUT2D eigenvalue weighted by Crippen LogP contribution is 2.30. The van der Waals surface area contributed by atoms with E-state index in [0.29, 0.717) is 42.8 Å². The van der Waals surface area contributed by atoms with Crippen LogP contribution in [0.5, 0.6) is 5.75 Å². The molecule has 1 heterocycles. The number of nitrogens with zero attached hydrogens (tertiary/aromatic N) is 3. The van der Waals surface area contributed by atoms with Crippen molar-refractivity contribution < 1.29 is 13.9 Å². The van der Waals surface area contributed by atoms with Gasteiger partial charge in [0.15, 0.2) is 0 Å². The van der Waals surface area contributed by atoms with Crippen LogP contribution in [-0.4, -0.2) is 33.7 Å². The lowest BCUT2D eigenvalue weighted by molar-refractivity contribution is -0.133. The van der Waals surface area contributed by atoms with Gasteiger partial charge in [0.1, 0.15) is 5.75 Å². The number of amides is 1. The van der Waals surface area contributed by atoms with Crippen molar-refractivity contribution in [3.8, 4) is 17.2 Å². The van der Waals surface area contributed by atoms with E-state index < -0.39 is 0 Å². The molecule has 3 aromatic rings. The molecule has 6 nitrogen and oxygen atoms in total. The zero-order valence-electron chi connectivity index (χ0n) is 16.3. The normalized spacial score (nSPS) is 13.3. The van der Waals surface area contributed by atoms with Gasteiger partial charge in [0.05, 0.1) is 13.2 Å². The van der Waals surface area contributed by atoms with Crippen molar-refractivity contribution in [1.82, 2.24) is 15.1 Å². The Hall–Kier alpha value is -2.38. The second kappa shape index (κ2) is 9.62. The highest BCUT2D eigenvalue weighted by Gasteiger charge is 2.33. The molecule has 0 saturated heterocycles. The maximum atomic E-state index is 12.8. The average molecular weight is 491 g/mol. The third-order valence-corrected chi connectivity index (χ3v) is 5.57. The minimum Gasteiger partial charge on any atom is -0.494 e. The highest BCUT2D eigenvalue weighted by atomic mass is 79.9. The molecule has 30 heavy (non-hydrogen) atoms. The van der Waals surface area contributed by atoms with Gasteiger partial charge in [-0.25, -0.2) is 0 Å². The number of aromatic nitrogens is 2. The summed E-state index contributed by atoms with van der Waals surface area (Å²) < 4.78 is 12.5. The Labute approximate surface area is 188 Å². The molecule has 1 amide bonds. The molecule has 1 aliphatic carbocycles. The molecule has 0 unspecified atom stereocenters. The maximum Gasteiger partial charge on any atom is 0.247 e. The number of carbonyl (C=O) groups is 1. The quantitative estimate of drug-likeness (QED) is 0.370. The molecule has 1 saturated carbocycles. The molecular formula is C22H21BrClN3O3. The van der Waals surface area contributed by atoms with Gasteiger partial charge in [0.2, 0.25) is 17.7 Å². The summed E-state index contributed by atoms with van der Waals surface area (Å²) in [6.07, 6.45) is 3.10. The first kappa shape index (κ1) is 20.9. The predicted molar refractivity (Wildman–Crippen MR) is 117 cm³/mol. The van der Waals surface area contributed by atoms with E-state index in [9.17, 15) is 4.79 Å². The lowest BCUT2D eigenvalue weighted by Gasteiger charge is -2.20.